The minimum absolute atomic E-state index is 0.172. The second kappa shape index (κ2) is 2.25. The van der Waals surface area contributed by atoms with Crippen LogP contribution in [0.15, 0.2) is 0 Å². The number of nitrogens with one attached hydrogen (secondary N) is 1. The average Bonchev–Trinajstić information content (AvgIpc) is 2.08. The van der Waals surface area contributed by atoms with Crippen molar-refractivity contribution in [1.82, 2.24) is 5.32 Å². The lowest BCUT2D eigenvalue weighted by atomic mass is 10.0. The van der Waals surface area contributed by atoms with Gasteiger partial charge in [0.05, 0.1) is 11.6 Å². The Morgan fingerprint density at radius 2 is 2.44 bits per heavy atom. The molecule has 0 radical (unpaired) electrons. The summed E-state index contributed by atoms with van der Waals surface area (Å²) in [6.45, 7) is 3.73. The van der Waals surface area contributed by atoms with Gasteiger partial charge in [-0.05, 0) is 6.92 Å². The molecule has 1 heterocycles. The minimum Gasteiger partial charge on any atom is -0.378 e. The Bertz CT molecular complexity index is 103. The number of nitrogens with two attached hydrogens (primary N) is 1. The molecule has 0 amide bonds. The SMILES string of the molecule is CO[C@@H]1CNC[C@@]1(C)N. The smallest absolute Gasteiger partial charge is 0.0884 e. The fourth-order valence-corrected chi connectivity index (χ4v) is 1.17. The molecule has 3 nitrogen and oxygen atoms in total. The maximum absolute atomic E-state index is 5.85. The van der Waals surface area contributed by atoms with Crippen molar-refractivity contribution in [2.24, 2.45) is 5.73 Å². The molecule has 0 aromatic heterocycles. The van der Waals surface area contributed by atoms with Crippen molar-refractivity contribution < 1.29 is 4.74 Å². The molecule has 0 aromatic rings. The zero-order valence-corrected chi connectivity index (χ0v) is 5.98. The van der Waals surface area contributed by atoms with Crippen LogP contribution in [-0.4, -0.2) is 31.8 Å². The van der Waals surface area contributed by atoms with Gasteiger partial charge in [0.15, 0.2) is 0 Å². The summed E-state index contributed by atoms with van der Waals surface area (Å²) in [5, 5.41) is 3.16. The summed E-state index contributed by atoms with van der Waals surface area (Å²) in [7, 11) is 1.70. The van der Waals surface area contributed by atoms with Crippen LogP contribution in [0.1, 0.15) is 6.92 Å². The highest BCUT2D eigenvalue weighted by molar-refractivity contribution is 4.97. The molecule has 0 unspecified atom stereocenters. The van der Waals surface area contributed by atoms with Crippen LogP contribution in [0.2, 0.25) is 0 Å². The summed E-state index contributed by atoms with van der Waals surface area (Å²) >= 11 is 0. The van der Waals surface area contributed by atoms with Gasteiger partial charge in [0.25, 0.3) is 0 Å². The summed E-state index contributed by atoms with van der Waals surface area (Å²) in [5.74, 6) is 0. The second-order valence-electron chi connectivity index (χ2n) is 2.86. The van der Waals surface area contributed by atoms with Crippen molar-refractivity contribution in [3.8, 4) is 0 Å². The third-order valence-corrected chi connectivity index (χ3v) is 1.86. The van der Waals surface area contributed by atoms with Crippen molar-refractivity contribution in [2.45, 2.75) is 18.6 Å². The van der Waals surface area contributed by atoms with E-state index in [1.54, 1.807) is 7.11 Å². The van der Waals surface area contributed by atoms with E-state index in [1.807, 2.05) is 6.92 Å². The Morgan fingerprint density at radius 1 is 1.78 bits per heavy atom. The second-order valence-corrected chi connectivity index (χ2v) is 2.86. The zero-order valence-electron chi connectivity index (χ0n) is 5.98. The Labute approximate surface area is 55.6 Å². The van der Waals surface area contributed by atoms with E-state index in [0.717, 1.165) is 13.1 Å². The van der Waals surface area contributed by atoms with Crippen LogP contribution in [0.5, 0.6) is 0 Å². The lowest BCUT2D eigenvalue weighted by Gasteiger charge is -2.23. The summed E-state index contributed by atoms with van der Waals surface area (Å²) in [4.78, 5) is 0. The predicted octanol–water partition coefficient (Wildman–Crippen LogP) is -0.678. The van der Waals surface area contributed by atoms with Crippen LogP contribution < -0.4 is 11.1 Å². The Morgan fingerprint density at radius 3 is 2.67 bits per heavy atom. The minimum atomic E-state index is -0.172. The third kappa shape index (κ3) is 1.23. The van der Waals surface area contributed by atoms with Crippen LogP contribution >= 0.6 is 0 Å². The van der Waals surface area contributed by atoms with Crippen LogP contribution in [0.3, 0.4) is 0 Å². The van der Waals surface area contributed by atoms with Gasteiger partial charge >= 0.3 is 0 Å². The molecule has 3 heteroatoms. The molecular formula is C6H14N2O. The topological polar surface area (TPSA) is 47.3 Å². The third-order valence-electron chi connectivity index (χ3n) is 1.86. The Kier molecular flexibility index (Phi) is 1.75. The maximum atomic E-state index is 5.85. The first-order valence-electron chi connectivity index (χ1n) is 3.19. The highest BCUT2D eigenvalue weighted by atomic mass is 16.5. The summed E-state index contributed by atoms with van der Waals surface area (Å²) in [6.07, 6.45) is 0.178. The highest BCUT2D eigenvalue weighted by Gasteiger charge is 2.34. The number of hydrogen-bond acceptors (Lipinski definition) is 3. The number of methoxy groups -OCH3 is 1. The van der Waals surface area contributed by atoms with Crippen molar-refractivity contribution in [3.05, 3.63) is 0 Å². The Hall–Kier alpha value is -0.120. The fraction of sp³-hybridized carbons (Fsp3) is 1.00. The average molecular weight is 130 g/mol. The van der Waals surface area contributed by atoms with Gasteiger partial charge in [0, 0.05) is 20.2 Å². The standard InChI is InChI=1S/C6H14N2O/c1-6(7)4-8-3-5(6)9-2/h5,8H,3-4,7H2,1-2H3/t5-,6-/m1/s1. The van der Waals surface area contributed by atoms with E-state index < -0.39 is 0 Å². The van der Waals surface area contributed by atoms with Gasteiger partial charge in [0.1, 0.15) is 0 Å². The molecule has 1 rings (SSSR count). The van der Waals surface area contributed by atoms with Gasteiger partial charge < -0.3 is 15.8 Å². The van der Waals surface area contributed by atoms with Crippen LogP contribution in [0.4, 0.5) is 0 Å². The van der Waals surface area contributed by atoms with Crippen LogP contribution in [0, 0.1) is 0 Å². The molecule has 0 saturated carbocycles. The van der Waals surface area contributed by atoms with Gasteiger partial charge in [-0.15, -0.1) is 0 Å². The van der Waals surface area contributed by atoms with Crippen molar-refractivity contribution in [3.63, 3.8) is 0 Å². The van der Waals surface area contributed by atoms with E-state index in [-0.39, 0.29) is 11.6 Å². The van der Waals surface area contributed by atoms with Crippen molar-refractivity contribution in [2.75, 3.05) is 20.2 Å². The molecule has 54 valence electrons. The molecule has 1 saturated heterocycles. The first kappa shape index (κ1) is 6.99. The van der Waals surface area contributed by atoms with Gasteiger partial charge in [-0.1, -0.05) is 0 Å². The van der Waals surface area contributed by atoms with E-state index in [0.29, 0.717) is 0 Å². The van der Waals surface area contributed by atoms with E-state index >= 15 is 0 Å². The first-order chi connectivity index (χ1) is 4.17. The van der Waals surface area contributed by atoms with Crippen molar-refractivity contribution in [1.29, 1.82) is 0 Å². The molecule has 1 fully saturated rings. The zero-order chi connectivity index (χ0) is 6.91. The quantitative estimate of drug-likeness (QED) is 0.494. The summed E-state index contributed by atoms with van der Waals surface area (Å²) in [5.41, 5.74) is 5.67. The predicted molar refractivity (Wildman–Crippen MR) is 36.3 cm³/mol. The highest BCUT2D eigenvalue weighted by Crippen LogP contribution is 2.12. The van der Waals surface area contributed by atoms with Crippen LogP contribution in [0.25, 0.3) is 0 Å². The molecule has 0 aliphatic carbocycles. The lowest BCUT2D eigenvalue weighted by molar-refractivity contribution is 0.0747. The van der Waals surface area contributed by atoms with Gasteiger partial charge in [-0.25, -0.2) is 0 Å². The lowest BCUT2D eigenvalue weighted by Crippen LogP contribution is -2.48. The molecule has 9 heavy (non-hydrogen) atoms. The van der Waals surface area contributed by atoms with E-state index in [1.165, 1.54) is 0 Å². The number of rotatable bonds is 1. The molecule has 0 bridgehead atoms. The maximum Gasteiger partial charge on any atom is 0.0884 e. The van der Waals surface area contributed by atoms with Crippen LogP contribution in [-0.2, 0) is 4.74 Å². The van der Waals surface area contributed by atoms with Gasteiger partial charge in [-0.2, -0.15) is 0 Å². The molecule has 0 spiro atoms. The first-order valence-corrected chi connectivity index (χ1v) is 3.19. The van der Waals surface area contributed by atoms with Gasteiger partial charge in [-0.3, -0.25) is 0 Å². The molecule has 1 aliphatic heterocycles. The number of hydrogen-bond donors (Lipinski definition) is 2. The van der Waals surface area contributed by atoms with Gasteiger partial charge in [0.2, 0.25) is 0 Å². The molecular weight excluding hydrogens is 116 g/mol. The van der Waals surface area contributed by atoms with Crippen molar-refractivity contribution >= 4 is 0 Å². The molecule has 0 aromatic carbocycles. The monoisotopic (exact) mass is 130 g/mol. The van der Waals surface area contributed by atoms with E-state index in [4.69, 9.17) is 10.5 Å². The fourth-order valence-electron chi connectivity index (χ4n) is 1.17. The Balaban J connectivity index is 2.52. The largest absolute Gasteiger partial charge is 0.378 e. The number of ether oxygens (including phenoxy) is 1. The normalized spacial score (nSPS) is 43.7. The molecule has 2 atom stereocenters. The summed E-state index contributed by atoms with van der Waals surface area (Å²) < 4.78 is 5.14. The van der Waals surface area contributed by atoms with E-state index in [9.17, 15) is 0 Å². The molecule has 3 N–H and O–H groups in total. The summed E-state index contributed by atoms with van der Waals surface area (Å²) in [6, 6.07) is 0. The van der Waals surface area contributed by atoms with E-state index in [2.05, 4.69) is 5.32 Å². The molecule has 1 aliphatic rings.